The first-order valence-electron chi connectivity index (χ1n) is 6.50. The summed E-state index contributed by atoms with van der Waals surface area (Å²) in [4.78, 5) is 8.51. The van der Waals surface area contributed by atoms with E-state index in [4.69, 9.17) is 5.11 Å². The normalized spacial score (nSPS) is 14.1. The summed E-state index contributed by atoms with van der Waals surface area (Å²) in [6.45, 7) is 9.23. The van der Waals surface area contributed by atoms with Gasteiger partial charge in [-0.15, -0.1) is 0 Å². The van der Waals surface area contributed by atoms with Gasteiger partial charge in [0, 0.05) is 24.3 Å². The van der Waals surface area contributed by atoms with Gasteiger partial charge in [-0.2, -0.15) is 0 Å². The summed E-state index contributed by atoms with van der Waals surface area (Å²) in [6.07, 6.45) is 3.18. The summed E-state index contributed by atoms with van der Waals surface area (Å²) in [6, 6.07) is 0. The smallest absolute Gasteiger partial charge is 0.134 e. The number of aromatic nitrogens is 2. The van der Waals surface area contributed by atoms with Crippen LogP contribution in [0.3, 0.4) is 0 Å². The van der Waals surface area contributed by atoms with Crippen molar-refractivity contribution >= 4 is 11.6 Å². The number of aliphatic hydroxyl groups is 1. The van der Waals surface area contributed by atoms with Crippen LogP contribution in [0.25, 0.3) is 0 Å². The molecule has 3 N–H and O–H groups in total. The number of anilines is 2. The molecule has 0 bridgehead atoms. The van der Waals surface area contributed by atoms with E-state index in [1.165, 1.54) is 0 Å². The van der Waals surface area contributed by atoms with Gasteiger partial charge in [-0.3, -0.25) is 0 Å². The Hall–Kier alpha value is -1.36. The van der Waals surface area contributed by atoms with E-state index in [2.05, 4.69) is 34.4 Å². The maximum atomic E-state index is 9.13. The van der Waals surface area contributed by atoms with Gasteiger partial charge >= 0.3 is 0 Å². The maximum Gasteiger partial charge on any atom is 0.134 e. The third-order valence-corrected chi connectivity index (χ3v) is 3.29. The molecule has 0 aliphatic rings. The van der Waals surface area contributed by atoms with Crippen LogP contribution in [0.2, 0.25) is 0 Å². The van der Waals surface area contributed by atoms with Crippen LogP contribution in [0.15, 0.2) is 6.33 Å². The van der Waals surface area contributed by atoms with E-state index >= 15 is 0 Å². The summed E-state index contributed by atoms with van der Waals surface area (Å²) in [5.74, 6) is 1.69. The van der Waals surface area contributed by atoms with E-state index in [0.29, 0.717) is 6.42 Å². The highest BCUT2D eigenvalue weighted by Gasteiger charge is 2.22. The molecule has 0 saturated carbocycles. The summed E-state index contributed by atoms with van der Waals surface area (Å²) in [7, 11) is 0. The second-order valence-electron chi connectivity index (χ2n) is 4.74. The van der Waals surface area contributed by atoms with Gasteiger partial charge < -0.3 is 15.7 Å². The molecule has 0 fully saturated rings. The Labute approximate surface area is 109 Å². The Morgan fingerprint density at radius 2 is 1.94 bits per heavy atom. The topological polar surface area (TPSA) is 70.1 Å². The quantitative estimate of drug-likeness (QED) is 0.694. The minimum atomic E-state index is -0.142. The monoisotopic (exact) mass is 252 g/mol. The predicted octanol–water partition coefficient (Wildman–Crippen LogP) is 2.18. The Bertz CT molecular complexity index is 383. The Morgan fingerprint density at radius 1 is 1.28 bits per heavy atom. The summed E-state index contributed by atoms with van der Waals surface area (Å²) in [5, 5.41) is 15.8. The number of hydrogen-bond acceptors (Lipinski definition) is 5. The minimum absolute atomic E-state index is 0.142. The lowest BCUT2D eigenvalue weighted by Gasteiger charge is -2.30. The average molecular weight is 252 g/mol. The van der Waals surface area contributed by atoms with Crippen molar-refractivity contribution < 1.29 is 5.11 Å². The molecule has 1 heterocycles. The van der Waals surface area contributed by atoms with Crippen molar-refractivity contribution in [2.24, 2.45) is 0 Å². The third kappa shape index (κ3) is 3.57. The van der Waals surface area contributed by atoms with E-state index in [1.807, 2.05) is 13.8 Å². The zero-order chi connectivity index (χ0) is 13.6. The molecule has 1 atom stereocenters. The number of rotatable bonds is 7. The Balaban J connectivity index is 2.92. The van der Waals surface area contributed by atoms with Gasteiger partial charge in [0.1, 0.15) is 18.0 Å². The molecular weight excluding hydrogens is 228 g/mol. The average Bonchev–Trinajstić information content (AvgIpc) is 2.35. The van der Waals surface area contributed by atoms with Crippen molar-refractivity contribution in [3.05, 3.63) is 11.9 Å². The number of nitrogens with zero attached hydrogens (tertiary/aromatic N) is 2. The van der Waals surface area contributed by atoms with E-state index < -0.39 is 0 Å². The fourth-order valence-electron chi connectivity index (χ4n) is 1.78. The van der Waals surface area contributed by atoms with Crippen molar-refractivity contribution in [2.75, 3.05) is 23.8 Å². The SMILES string of the molecule is CCNc1ncnc(NC(C)(CC)CCO)c1C. The molecular formula is C13H24N4O. The second kappa shape index (κ2) is 6.54. The van der Waals surface area contributed by atoms with Crippen LogP contribution in [-0.2, 0) is 0 Å². The summed E-state index contributed by atoms with van der Waals surface area (Å²) >= 11 is 0. The molecule has 0 aliphatic carbocycles. The zero-order valence-corrected chi connectivity index (χ0v) is 11.7. The van der Waals surface area contributed by atoms with E-state index in [1.54, 1.807) is 6.33 Å². The second-order valence-corrected chi connectivity index (χ2v) is 4.74. The largest absolute Gasteiger partial charge is 0.396 e. The fourth-order valence-corrected chi connectivity index (χ4v) is 1.78. The lowest BCUT2D eigenvalue weighted by molar-refractivity contribution is 0.251. The van der Waals surface area contributed by atoms with E-state index in [9.17, 15) is 0 Å². The molecule has 18 heavy (non-hydrogen) atoms. The highest BCUT2D eigenvalue weighted by Crippen LogP contribution is 2.25. The summed E-state index contributed by atoms with van der Waals surface area (Å²) < 4.78 is 0. The van der Waals surface area contributed by atoms with Crippen molar-refractivity contribution in [3.8, 4) is 0 Å². The van der Waals surface area contributed by atoms with Gasteiger partial charge in [-0.25, -0.2) is 9.97 Å². The highest BCUT2D eigenvalue weighted by molar-refractivity contribution is 5.57. The van der Waals surface area contributed by atoms with Crippen LogP contribution < -0.4 is 10.6 Å². The molecule has 1 unspecified atom stereocenters. The molecule has 0 aliphatic heterocycles. The van der Waals surface area contributed by atoms with Crippen LogP contribution in [0.4, 0.5) is 11.6 Å². The van der Waals surface area contributed by atoms with Crippen molar-refractivity contribution in [3.63, 3.8) is 0 Å². The molecule has 0 saturated heterocycles. The minimum Gasteiger partial charge on any atom is -0.396 e. The van der Waals surface area contributed by atoms with Crippen LogP contribution in [-0.4, -0.2) is 33.8 Å². The first-order chi connectivity index (χ1) is 8.56. The molecule has 0 radical (unpaired) electrons. The molecule has 5 heteroatoms. The Morgan fingerprint density at radius 3 is 2.50 bits per heavy atom. The molecule has 0 aromatic carbocycles. The molecule has 1 aromatic rings. The summed E-state index contributed by atoms with van der Waals surface area (Å²) in [5.41, 5.74) is 0.870. The van der Waals surface area contributed by atoms with Gasteiger partial charge in [-0.05, 0) is 33.6 Å². The van der Waals surface area contributed by atoms with Crippen LogP contribution in [0, 0.1) is 6.92 Å². The molecule has 102 valence electrons. The van der Waals surface area contributed by atoms with Crippen LogP contribution in [0.5, 0.6) is 0 Å². The lowest BCUT2D eigenvalue weighted by Crippen LogP contribution is -2.35. The van der Waals surface area contributed by atoms with Gasteiger partial charge in [0.2, 0.25) is 0 Å². The highest BCUT2D eigenvalue weighted by atomic mass is 16.3. The fraction of sp³-hybridized carbons (Fsp3) is 0.692. The zero-order valence-electron chi connectivity index (χ0n) is 11.7. The van der Waals surface area contributed by atoms with Crippen LogP contribution in [0.1, 0.15) is 39.2 Å². The van der Waals surface area contributed by atoms with Gasteiger partial charge in [0.05, 0.1) is 0 Å². The number of hydrogen-bond donors (Lipinski definition) is 3. The first kappa shape index (κ1) is 14.7. The first-order valence-corrected chi connectivity index (χ1v) is 6.50. The molecule has 0 amide bonds. The van der Waals surface area contributed by atoms with Gasteiger partial charge in [0.15, 0.2) is 0 Å². The van der Waals surface area contributed by atoms with E-state index in [0.717, 1.165) is 30.2 Å². The maximum absolute atomic E-state index is 9.13. The van der Waals surface area contributed by atoms with E-state index in [-0.39, 0.29) is 12.1 Å². The molecule has 5 nitrogen and oxygen atoms in total. The van der Waals surface area contributed by atoms with Crippen molar-refractivity contribution in [1.29, 1.82) is 0 Å². The lowest BCUT2D eigenvalue weighted by atomic mass is 9.94. The standard InChI is InChI=1S/C13H24N4O/c1-5-13(4,7-8-18)17-12-10(3)11(14-6-2)15-9-16-12/h9,18H,5-8H2,1-4H3,(H2,14,15,16,17). The number of aliphatic hydroxyl groups excluding tert-OH is 1. The van der Waals surface area contributed by atoms with Crippen molar-refractivity contribution in [1.82, 2.24) is 9.97 Å². The third-order valence-electron chi connectivity index (χ3n) is 3.29. The van der Waals surface area contributed by atoms with Crippen LogP contribution >= 0.6 is 0 Å². The molecule has 1 aromatic heterocycles. The molecule has 1 rings (SSSR count). The van der Waals surface area contributed by atoms with Gasteiger partial charge in [-0.1, -0.05) is 6.92 Å². The number of nitrogens with one attached hydrogen (secondary N) is 2. The molecule has 0 spiro atoms. The predicted molar refractivity (Wildman–Crippen MR) is 75.0 cm³/mol. The van der Waals surface area contributed by atoms with Crippen molar-refractivity contribution in [2.45, 2.75) is 46.1 Å². The van der Waals surface area contributed by atoms with Gasteiger partial charge in [0.25, 0.3) is 0 Å². The Kier molecular flexibility index (Phi) is 5.34.